The van der Waals surface area contributed by atoms with E-state index in [1.165, 1.54) is 34.0 Å². The molecule has 0 radical (unpaired) electrons. The molecule has 1 atom stereocenters. The van der Waals surface area contributed by atoms with Crippen molar-refractivity contribution in [3.8, 4) is 6.07 Å². The van der Waals surface area contributed by atoms with Crippen molar-refractivity contribution in [1.29, 1.82) is 10.7 Å². The Bertz CT molecular complexity index is 1170. The minimum absolute atomic E-state index is 0.279. The maximum Gasteiger partial charge on any atom is 0.130 e. The first kappa shape index (κ1) is 22.9. The van der Waals surface area contributed by atoms with Crippen LogP contribution in [0.25, 0.3) is 5.57 Å². The van der Waals surface area contributed by atoms with Crippen LogP contribution in [0, 0.1) is 30.6 Å². The molecule has 170 valence electrons. The Morgan fingerprint density at radius 2 is 2.21 bits per heavy atom. The summed E-state index contributed by atoms with van der Waals surface area (Å²) in [4.78, 5) is 6.75. The minimum atomic E-state index is 0.279. The first-order chi connectivity index (χ1) is 15.9. The van der Waals surface area contributed by atoms with Crippen molar-refractivity contribution in [3.63, 3.8) is 0 Å². The summed E-state index contributed by atoms with van der Waals surface area (Å²) in [6, 6.07) is 8.81. The number of nitriles is 1. The fraction of sp³-hybridized carbons (Fsp3) is 0.370. The zero-order chi connectivity index (χ0) is 23.5. The van der Waals surface area contributed by atoms with Gasteiger partial charge in [0.1, 0.15) is 11.9 Å². The van der Waals surface area contributed by atoms with E-state index in [-0.39, 0.29) is 6.04 Å². The second kappa shape index (κ2) is 9.70. The monoisotopic (exact) mass is 440 g/mol. The van der Waals surface area contributed by atoms with Crippen molar-refractivity contribution in [2.24, 2.45) is 0 Å². The highest BCUT2D eigenvalue weighted by atomic mass is 15.2. The first-order valence-corrected chi connectivity index (χ1v) is 11.5. The summed E-state index contributed by atoms with van der Waals surface area (Å²) in [5, 5.41) is 24.1. The van der Waals surface area contributed by atoms with Gasteiger partial charge in [0.2, 0.25) is 0 Å². The average Bonchev–Trinajstić information content (AvgIpc) is 3.19. The number of hydrogen-bond donors (Lipinski definition) is 3. The van der Waals surface area contributed by atoms with Gasteiger partial charge in [0.15, 0.2) is 0 Å². The molecular weight excluding hydrogens is 408 g/mol. The third-order valence-corrected chi connectivity index (χ3v) is 6.93. The number of hydrogen-bond acceptors (Lipinski definition) is 6. The number of fused-ring (bicyclic) bond motifs is 1. The molecule has 3 N–H and O–H groups in total. The van der Waals surface area contributed by atoms with E-state index in [0.29, 0.717) is 17.9 Å². The Morgan fingerprint density at radius 3 is 2.94 bits per heavy atom. The Labute approximate surface area is 196 Å². The van der Waals surface area contributed by atoms with Crippen LogP contribution in [-0.4, -0.2) is 42.3 Å². The predicted octanol–water partition coefficient (Wildman–Crippen LogP) is 4.51. The molecule has 4 rings (SSSR count). The number of nitrogens with one attached hydrogen (secondary N) is 3. The van der Waals surface area contributed by atoms with Crippen molar-refractivity contribution in [2.45, 2.75) is 39.7 Å². The van der Waals surface area contributed by atoms with Gasteiger partial charge in [-0.1, -0.05) is 18.7 Å². The maximum atomic E-state index is 9.11. The van der Waals surface area contributed by atoms with Crippen molar-refractivity contribution < 1.29 is 0 Å². The van der Waals surface area contributed by atoms with Crippen LogP contribution < -0.4 is 10.6 Å². The fourth-order valence-corrected chi connectivity index (χ4v) is 4.91. The summed E-state index contributed by atoms with van der Waals surface area (Å²) >= 11 is 0. The number of aromatic nitrogens is 1. The Balaban J connectivity index is 1.48. The van der Waals surface area contributed by atoms with Crippen LogP contribution in [0.2, 0.25) is 0 Å². The number of aryl methyl sites for hydroxylation is 1. The first-order valence-electron chi connectivity index (χ1n) is 11.5. The normalized spacial score (nSPS) is 19.0. The minimum Gasteiger partial charge on any atom is -0.344 e. The van der Waals surface area contributed by atoms with E-state index in [4.69, 9.17) is 10.7 Å². The zero-order valence-electron chi connectivity index (χ0n) is 19.8. The lowest BCUT2D eigenvalue weighted by Gasteiger charge is -2.35. The number of allylic oxidation sites excluding steroid dienone is 2. The van der Waals surface area contributed by atoms with Crippen LogP contribution in [0.1, 0.15) is 52.8 Å². The number of benzene rings is 1. The quantitative estimate of drug-likeness (QED) is 0.575. The van der Waals surface area contributed by atoms with Crippen LogP contribution >= 0.6 is 0 Å². The molecule has 1 aromatic heterocycles. The lowest BCUT2D eigenvalue weighted by atomic mass is 9.92. The van der Waals surface area contributed by atoms with E-state index in [1.807, 2.05) is 19.9 Å². The second-order valence-electron chi connectivity index (χ2n) is 9.07. The summed E-state index contributed by atoms with van der Waals surface area (Å²) in [6.45, 7) is 13.8. The highest BCUT2D eigenvalue weighted by molar-refractivity contribution is 5.78. The molecule has 33 heavy (non-hydrogen) atoms. The van der Waals surface area contributed by atoms with Gasteiger partial charge < -0.3 is 16.0 Å². The molecule has 0 amide bonds. The molecule has 6 nitrogen and oxygen atoms in total. The molecule has 0 bridgehead atoms. The number of pyridine rings is 1. The van der Waals surface area contributed by atoms with Crippen LogP contribution in [0.4, 0.5) is 5.82 Å². The van der Waals surface area contributed by atoms with E-state index >= 15 is 0 Å². The molecule has 1 aliphatic carbocycles. The summed E-state index contributed by atoms with van der Waals surface area (Å²) in [6.07, 6.45) is 5.18. The van der Waals surface area contributed by atoms with Gasteiger partial charge in [0.25, 0.3) is 0 Å². The molecule has 6 heteroatoms. The van der Waals surface area contributed by atoms with E-state index < -0.39 is 0 Å². The van der Waals surface area contributed by atoms with Gasteiger partial charge in [-0.3, -0.25) is 4.90 Å². The van der Waals surface area contributed by atoms with Crippen LogP contribution in [0.3, 0.4) is 0 Å². The largest absolute Gasteiger partial charge is 0.344 e. The van der Waals surface area contributed by atoms with E-state index in [0.717, 1.165) is 49.3 Å². The molecule has 0 spiro atoms. The van der Waals surface area contributed by atoms with Crippen molar-refractivity contribution >= 4 is 17.6 Å². The van der Waals surface area contributed by atoms with Crippen LogP contribution in [0.15, 0.2) is 42.2 Å². The van der Waals surface area contributed by atoms with E-state index in [9.17, 15) is 0 Å². The molecule has 2 aromatic rings. The van der Waals surface area contributed by atoms with Gasteiger partial charge in [0.05, 0.1) is 5.56 Å². The fourth-order valence-electron chi connectivity index (χ4n) is 4.91. The molecule has 2 aliphatic rings. The van der Waals surface area contributed by atoms with Gasteiger partial charge in [-0.15, -0.1) is 0 Å². The van der Waals surface area contributed by atoms with Gasteiger partial charge in [-0.25, -0.2) is 4.98 Å². The third-order valence-electron chi connectivity index (χ3n) is 6.93. The molecule has 2 heterocycles. The lowest BCUT2D eigenvalue weighted by molar-refractivity contribution is 0.217. The molecule has 1 aliphatic heterocycles. The molecule has 1 aromatic carbocycles. The number of anilines is 1. The van der Waals surface area contributed by atoms with Crippen molar-refractivity contribution in [1.82, 2.24) is 15.2 Å². The van der Waals surface area contributed by atoms with E-state index in [2.05, 4.69) is 52.2 Å². The second-order valence-corrected chi connectivity index (χ2v) is 9.07. The lowest BCUT2D eigenvalue weighted by Crippen LogP contribution is -2.46. The Hall–Kier alpha value is -3.27. The van der Waals surface area contributed by atoms with E-state index in [1.54, 1.807) is 6.20 Å². The summed E-state index contributed by atoms with van der Waals surface area (Å²) in [5.74, 6) is 0.692. The van der Waals surface area contributed by atoms with Crippen LogP contribution in [0.5, 0.6) is 0 Å². The van der Waals surface area contributed by atoms with Gasteiger partial charge >= 0.3 is 0 Å². The van der Waals surface area contributed by atoms with Gasteiger partial charge in [-0.2, -0.15) is 5.26 Å². The smallest absolute Gasteiger partial charge is 0.130 e. The zero-order valence-corrected chi connectivity index (χ0v) is 19.8. The Morgan fingerprint density at radius 1 is 1.39 bits per heavy atom. The molecule has 1 saturated heterocycles. The molecule has 0 unspecified atom stereocenters. The topological polar surface area (TPSA) is 87.8 Å². The average molecular weight is 441 g/mol. The highest BCUT2D eigenvalue weighted by Gasteiger charge is 2.26. The third kappa shape index (κ3) is 4.75. The molecule has 0 saturated carbocycles. The number of rotatable bonds is 6. The SMILES string of the molecule is C=C1CCc2c1ccc([C@@H]1CN(C/C(C=N)=C(\C)Nc3cc(C)c(C#N)cn3)CCN1)c2C. The molecular formula is C27H32N6. The number of piperazine rings is 1. The summed E-state index contributed by atoms with van der Waals surface area (Å²) in [5.41, 5.74) is 10.1. The highest BCUT2D eigenvalue weighted by Crippen LogP contribution is 2.36. The van der Waals surface area contributed by atoms with Crippen LogP contribution in [-0.2, 0) is 6.42 Å². The predicted molar refractivity (Wildman–Crippen MR) is 135 cm³/mol. The number of nitrogens with zero attached hydrogens (tertiary/aromatic N) is 3. The summed E-state index contributed by atoms with van der Waals surface area (Å²) < 4.78 is 0. The standard InChI is InChI=1S/C27H32N6/c1-17-5-6-24-19(3)25(8-7-23(17)24)26-16-33(10-9-30-26)15-22(13-29)20(4)32-27-11-18(2)21(12-28)14-31-27/h7-8,11,13-14,26,29-30H,1,5-6,9-10,15-16H2,2-4H3,(H,31,32)/b22-20+,29-13?/t26-/m0/s1. The van der Waals surface area contributed by atoms with Gasteiger partial charge in [-0.05, 0) is 73.1 Å². The van der Waals surface area contributed by atoms with Crippen molar-refractivity contribution in [2.75, 3.05) is 31.5 Å². The van der Waals surface area contributed by atoms with Crippen molar-refractivity contribution in [3.05, 3.63) is 75.6 Å². The molecule has 1 fully saturated rings. The summed E-state index contributed by atoms with van der Waals surface area (Å²) in [7, 11) is 0. The Kier molecular flexibility index (Phi) is 6.73. The van der Waals surface area contributed by atoms with Gasteiger partial charge in [0, 0.05) is 55.9 Å². The maximum absolute atomic E-state index is 9.11.